The summed E-state index contributed by atoms with van der Waals surface area (Å²) in [5, 5.41) is 0. The predicted octanol–water partition coefficient (Wildman–Crippen LogP) is 3.07. The zero-order valence-corrected chi connectivity index (χ0v) is 19.4. The first-order valence-corrected chi connectivity index (χ1v) is 12.7. The third kappa shape index (κ3) is 9.08. The van der Waals surface area contributed by atoms with Gasteiger partial charge in [-0.2, -0.15) is 0 Å². The van der Waals surface area contributed by atoms with E-state index in [1.807, 2.05) is 0 Å². The van der Waals surface area contributed by atoms with Crippen LogP contribution in [0.15, 0.2) is 0 Å². The first-order chi connectivity index (χ1) is 11.6. The van der Waals surface area contributed by atoms with E-state index in [-0.39, 0.29) is 0 Å². The highest BCUT2D eigenvalue weighted by atomic mass is 28.3. The van der Waals surface area contributed by atoms with Crippen molar-refractivity contribution in [3.8, 4) is 0 Å². The first-order valence-electron chi connectivity index (χ1n) is 9.45. The summed E-state index contributed by atoms with van der Waals surface area (Å²) in [7, 11) is 4.13. The Kier molecular flexibility index (Phi) is 15.6. The Morgan fingerprint density at radius 2 is 1.04 bits per heavy atom. The largest absolute Gasteiger partial charge is 0.400 e. The van der Waals surface area contributed by atoms with Gasteiger partial charge in [0.25, 0.3) is 0 Å². The zero-order chi connectivity index (χ0) is 18.4. The van der Waals surface area contributed by atoms with Gasteiger partial charge in [0.1, 0.15) is 0 Å². The molecule has 0 aromatic heterocycles. The highest BCUT2D eigenvalue weighted by molar-refractivity contribution is 6.46. The van der Waals surface area contributed by atoms with Gasteiger partial charge in [0.05, 0.1) is 0 Å². The van der Waals surface area contributed by atoms with Crippen LogP contribution in [0.5, 0.6) is 0 Å². The molecule has 0 heterocycles. The molecule has 2 atom stereocenters. The normalized spacial score (nSPS) is 14.8. The summed E-state index contributed by atoms with van der Waals surface area (Å²) >= 11 is 0. The van der Waals surface area contributed by atoms with E-state index in [1.54, 1.807) is 28.4 Å². The van der Waals surface area contributed by atoms with Gasteiger partial charge in [-0.15, -0.1) is 0 Å². The molecule has 0 saturated heterocycles. The highest BCUT2D eigenvalue weighted by Crippen LogP contribution is 2.24. The van der Waals surface area contributed by atoms with E-state index in [0.717, 1.165) is 32.5 Å². The lowest BCUT2D eigenvalue weighted by molar-refractivity contribution is 0.226. The van der Waals surface area contributed by atoms with E-state index >= 15 is 0 Å². The Hall–Kier alpha value is 0.234. The van der Waals surface area contributed by atoms with E-state index < -0.39 is 18.6 Å². The summed E-state index contributed by atoms with van der Waals surface area (Å²) in [5.41, 5.74) is 1.17. The molecule has 0 aliphatic heterocycles. The third-order valence-electron chi connectivity index (χ3n) is 4.92. The SMILES string of the molecule is CCCN(CCC(CC)[SiH](OC)OC)CCC(CC)[SiH](OC)OC. The molecule has 0 aliphatic rings. The molecule has 0 rings (SSSR count). The van der Waals surface area contributed by atoms with Crippen LogP contribution in [0.2, 0.25) is 11.1 Å². The van der Waals surface area contributed by atoms with E-state index in [9.17, 15) is 0 Å². The van der Waals surface area contributed by atoms with Crippen molar-refractivity contribution in [2.24, 2.45) is 0 Å². The molecule has 0 fully saturated rings. The van der Waals surface area contributed by atoms with Gasteiger partial charge in [0, 0.05) is 39.5 Å². The molecule has 0 radical (unpaired) electrons. The van der Waals surface area contributed by atoms with Crippen molar-refractivity contribution in [3.05, 3.63) is 0 Å². The fourth-order valence-corrected chi connectivity index (χ4v) is 6.91. The second kappa shape index (κ2) is 15.5. The number of hydrogen-bond acceptors (Lipinski definition) is 5. The maximum Gasteiger partial charge on any atom is 0.324 e. The minimum absolute atomic E-state index is 0.585. The van der Waals surface area contributed by atoms with Gasteiger partial charge in [0.2, 0.25) is 0 Å². The smallest absolute Gasteiger partial charge is 0.324 e. The predicted molar refractivity (Wildman–Crippen MR) is 106 cm³/mol. The lowest BCUT2D eigenvalue weighted by atomic mass is 10.2. The van der Waals surface area contributed by atoms with Crippen molar-refractivity contribution >= 4 is 18.6 Å². The van der Waals surface area contributed by atoms with Gasteiger partial charge in [-0.05, 0) is 38.9 Å². The van der Waals surface area contributed by atoms with Crippen LogP contribution in [0.1, 0.15) is 52.9 Å². The molecular formula is C17H41NO4Si2. The van der Waals surface area contributed by atoms with Crippen LogP contribution in [-0.2, 0) is 17.7 Å². The Morgan fingerprint density at radius 3 is 1.29 bits per heavy atom. The van der Waals surface area contributed by atoms with Crippen LogP contribution >= 0.6 is 0 Å². The minimum Gasteiger partial charge on any atom is -0.400 e. The standard InChI is InChI=1S/C17H41NO4Si2/c1-8-13-18(14-11-16(9-2)23(19-4)20-5)15-12-17(10-3)24(21-6)22-7/h16-17,23-24H,8-15H2,1-7H3. The van der Waals surface area contributed by atoms with Crippen LogP contribution in [0.3, 0.4) is 0 Å². The van der Waals surface area contributed by atoms with Crippen LogP contribution in [0.25, 0.3) is 0 Å². The van der Waals surface area contributed by atoms with Crippen LogP contribution in [0, 0.1) is 0 Å². The van der Waals surface area contributed by atoms with Crippen molar-refractivity contribution in [1.82, 2.24) is 4.90 Å². The van der Waals surface area contributed by atoms with Crippen LogP contribution < -0.4 is 0 Å². The van der Waals surface area contributed by atoms with Gasteiger partial charge in [-0.1, -0.05) is 33.6 Å². The molecule has 24 heavy (non-hydrogen) atoms. The van der Waals surface area contributed by atoms with Gasteiger partial charge in [-0.3, -0.25) is 0 Å². The Morgan fingerprint density at radius 1 is 0.667 bits per heavy atom. The Balaban J connectivity index is 4.52. The molecule has 0 bridgehead atoms. The molecule has 2 unspecified atom stereocenters. The summed E-state index contributed by atoms with van der Waals surface area (Å²) in [4.78, 5) is 2.60. The third-order valence-corrected chi connectivity index (χ3v) is 9.93. The van der Waals surface area contributed by atoms with Crippen molar-refractivity contribution in [1.29, 1.82) is 0 Å². The molecule has 0 N–H and O–H groups in total. The van der Waals surface area contributed by atoms with Crippen molar-refractivity contribution < 1.29 is 17.7 Å². The van der Waals surface area contributed by atoms with Crippen molar-refractivity contribution in [2.45, 2.75) is 64.0 Å². The first kappa shape index (κ1) is 24.2. The zero-order valence-electron chi connectivity index (χ0n) is 17.0. The van der Waals surface area contributed by atoms with Crippen molar-refractivity contribution in [2.75, 3.05) is 48.1 Å². The second-order valence-electron chi connectivity index (χ2n) is 6.44. The molecule has 5 nitrogen and oxygen atoms in total. The molecule has 0 spiro atoms. The monoisotopic (exact) mass is 379 g/mol. The molecule has 0 aromatic carbocycles. The summed E-state index contributed by atoms with van der Waals surface area (Å²) in [6.07, 6.45) is 5.80. The Labute approximate surface area is 153 Å². The van der Waals surface area contributed by atoms with E-state index in [0.29, 0.717) is 11.1 Å². The van der Waals surface area contributed by atoms with Gasteiger partial charge in [-0.25, -0.2) is 0 Å². The molecule has 7 heteroatoms. The lowest BCUT2D eigenvalue weighted by Gasteiger charge is -2.29. The fourth-order valence-electron chi connectivity index (χ4n) is 3.38. The summed E-state index contributed by atoms with van der Waals surface area (Å²) in [5.74, 6) is 0. The second-order valence-corrected chi connectivity index (χ2v) is 11.7. The van der Waals surface area contributed by atoms with Gasteiger partial charge >= 0.3 is 18.6 Å². The average molecular weight is 380 g/mol. The van der Waals surface area contributed by atoms with E-state index in [2.05, 4.69) is 25.7 Å². The van der Waals surface area contributed by atoms with Crippen LogP contribution in [-0.4, -0.2) is 71.5 Å². The molecule has 0 saturated carbocycles. The lowest BCUT2D eigenvalue weighted by Crippen LogP contribution is -2.34. The molecule has 0 aliphatic carbocycles. The average Bonchev–Trinajstić information content (AvgIpc) is 2.61. The molecular weight excluding hydrogens is 338 g/mol. The summed E-state index contributed by atoms with van der Waals surface area (Å²) < 4.78 is 22.4. The summed E-state index contributed by atoms with van der Waals surface area (Å²) in [6.45, 7) is 10.2. The van der Waals surface area contributed by atoms with Gasteiger partial charge < -0.3 is 22.6 Å². The quantitative estimate of drug-likeness (QED) is 0.385. The van der Waals surface area contributed by atoms with Crippen LogP contribution in [0.4, 0.5) is 0 Å². The maximum absolute atomic E-state index is 5.59. The van der Waals surface area contributed by atoms with Crippen molar-refractivity contribution in [3.63, 3.8) is 0 Å². The minimum atomic E-state index is -1.52. The summed E-state index contributed by atoms with van der Waals surface area (Å²) in [6, 6.07) is 0. The number of nitrogens with zero attached hydrogens (tertiary/aromatic N) is 1. The fraction of sp³-hybridized carbons (Fsp3) is 1.00. The number of rotatable bonds is 16. The van der Waals surface area contributed by atoms with E-state index in [1.165, 1.54) is 19.3 Å². The highest BCUT2D eigenvalue weighted by Gasteiger charge is 2.25. The maximum atomic E-state index is 5.59. The van der Waals surface area contributed by atoms with E-state index in [4.69, 9.17) is 17.7 Å². The molecule has 146 valence electrons. The molecule has 0 aromatic rings. The van der Waals surface area contributed by atoms with Gasteiger partial charge in [0.15, 0.2) is 0 Å². The number of hydrogen-bond donors (Lipinski definition) is 0. The topological polar surface area (TPSA) is 40.2 Å². The Bertz CT molecular complexity index is 255. The molecule has 0 amide bonds.